The van der Waals surface area contributed by atoms with Crippen LogP contribution >= 0.6 is 0 Å². The zero-order valence-electron chi connectivity index (χ0n) is 7.05. The summed E-state index contributed by atoms with van der Waals surface area (Å²) in [6, 6.07) is -0.173. The maximum absolute atomic E-state index is 10.4. The van der Waals surface area contributed by atoms with Gasteiger partial charge in [0.2, 0.25) is 0 Å². The van der Waals surface area contributed by atoms with Gasteiger partial charge in [0.25, 0.3) is 0 Å². The van der Waals surface area contributed by atoms with Crippen LogP contribution in [0.3, 0.4) is 0 Å². The van der Waals surface area contributed by atoms with E-state index in [1.165, 1.54) is 6.92 Å². The first-order valence-corrected chi connectivity index (χ1v) is 3.46. The second-order valence-electron chi connectivity index (χ2n) is 2.33. The van der Waals surface area contributed by atoms with Crippen molar-refractivity contribution in [1.82, 2.24) is 0 Å². The normalized spacial score (nSPS) is 14.2. The molecule has 0 saturated heterocycles. The number of esters is 1. The van der Waals surface area contributed by atoms with Gasteiger partial charge in [-0.15, -0.1) is 0 Å². The molecule has 11 heavy (non-hydrogen) atoms. The van der Waals surface area contributed by atoms with Gasteiger partial charge in [0.1, 0.15) is 0 Å². The summed E-state index contributed by atoms with van der Waals surface area (Å²) >= 11 is 0. The molecular formula is C8H13NO2. The zero-order valence-corrected chi connectivity index (χ0v) is 7.05. The summed E-state index contributed by atoms with van der Waals surface area (Å²) in [6.07, 6.45) is -0.363. The van der Waals surface area contributed by atoms with Crippen LogP contribution in [0, 0.1) is 11.8 Å². The zero-order chi connectivity index (χ0) is 8.85. The van der Waals surface area contributed by atoms with Gasteiger partial charge in [0.15, 0.2) is 6.10 Å². The van der Waals surface area contributed by atoms with E-state index in [4.69, 9.17) is 10.5 Å². The molecule has 0 radical (unpaired) electrons. The van der Waals surface area contributed by atoms with Gasteiger partial charge in [0.05, 0.1) is 6.04 Å². The highest BCUT2D eigenvalue weighted by atomic mass is 16.5. The fourth-order valence-corrected chi connectivity index (χ4v) is 0.527. The molecule has 0 aliphatic rings. The van der Waals surface area contributed by atoms with Crippen LogP contribution in [0.4, 0.5) is 0 Å². The molecule has 0 aliphatic heterocycles. The minimum Gasteiger partial charge on any atom is -0.450 e. The van der Waals surface area contributed by atoms with Gasteiger partial charge in [-0.05, 0) is 13.8 Å². The molecule has 0 rings (SSSR count). The minimum atomic E-state index is -0.363. The van der Waals surface area contributed by atoms with E-state index in [-0.39, 0.29) is 18.1 Å². The first-order chi connectivity index (χ1) is 5.02. The number of hydrogen-bond acceptors (Lipinski definition) is 3. The van der Waals surface area contributed by atoms with Crippen molar-refractivity contribution in [2.75, 3.05) is 0 Å². The van der Waals surface area contributed by atoms with Crippen molar-refractivity contribution in [2.24, 2.45) is 5.73 Å². The molecule has 3 nitrogen and oxygen atoms in total. The third kappa shape index (κ3) is 6.88. The number of carbonyl (C=O) groups excluding carboxylic acids is 1. The van der Waals surface area contributed by atoms with Crippen molar-refractivity contribution in [3.8, 4) is 11.8 Å². The third-order valence-corrected chi connectivity index (χ3v) is 0.857. The molecule has 0 saturated carbocycles. The Morgan fingerprint density at radius 1 is 1.45 bits per heavy atom. The van der Waals surface area contributed by atoms with Gasteiger partial charge in [-0.1, -0.05) is 11.8 Å². The molecule has 2 N–H and O–H groups in total. The molecule has 0 aromatic carbocycles. The molecular weight excluding hydrogens is 142 g/mol. The van der Waals surface area contributed by atoms with Crippen LogP contribution in [0.5, 0.6) is 0 Å². The monoisotopic (exact) mass is 155 g/mol. The Morgan fingerprint density at radius 3 is 2.36 bits per heavy atom. The van der Waals surface area contributed by atoms with Crippen molar-refractivity contribution in [3.05, 3.63) is 0 Å². The van der Waals surface area contributed by atoms with Gasteiger partial charge in [-0.3, -0.25) is 4.79 Å². The predicted octanol–water partition coefficient (Wildman–Crippen LogP) is 0.289. The van der Waals surface area contributed by atoms with E-state index in [1.54, 1.807) is 13.8 Å². The number of carbonyl (C=O) groups is 1. The third-order valence-electron chi connectivity index (χ3n) is 0.857. The SMILES string of the molecule is CC(=O)O[C@@H](C)C#C[C@H](C)N. The second kappa shape index (κ2) is 4.75. The lowest BCUT2D eigenvalue weighted by Crippen LogP contribution is -2.14. The fraction of sp³-hybridized carbons (Fsp3) is 0.625. The van der Waals surface area contributed by atoms with Gasteiger partial charge >= 0.3 is 5.97 Å². The maximum Gasteiger partial charge on any atom is 0.303 e. The number of nitrogens with two attached hydrogens (primary N) is 1. The smallest absolute Gasteiger partial charge is 0.303 e. The minimum absolute atomic E-state index is 0.173. The summed E-state index contributed by atoms with van der Waals surface area (Å²) in [4.78, 5) is 10.4. The maximum atomic E-state index is 10.4. The number of ether oxygens (including phenoxy) is 1. The van der Waals surface area contributed by atoms with Gasteiger partial charge < -0.3 is 10.5 Å². The van der Waals surface area contributed by atoms with Gasteiger partial charge in [-0.25, -0.2) is 0 Å². The molecule has 0 aliphatic carbocycles. The van der Waals surface area contributed by atoms with E-state index in [9.17, 15) is 4.79 Å². The summed E-state index contributed by atoms with van der Waals surface area (Å²) in [5.41, 5.74) is 5.36. The van der Waals surface area contributed by atoms with Crippen LogP contribution in [0.1, 0.15) is 20.8 Å². The molecule has 0 aromatic rings. The standard InChI is InChI=1S/C8H13NO2/c1-6(9)4-5-7(2)11-8(3)10/h6-7H,9H2,1-3H3/t6-,7-/m0/s1. The van der Waals surface area contributed by atoms with Gasteiger partial charge in [-0.2, -0.15) is 0 Å². The highest BCUT2D eigenvalue weighted by Gasteiger charge is 1.98. The molecule has 0 amide bonds. The van der Waals surface area contributed by atoms with Crippen LogP contribution in [-0.4, -0.2) is 18.1 Å². The molecule has 0 aromatic heterocycles. The van der Waals surface area contributed by atoms with E-state index in [0.717, 1.165) is 0 Å². The van der Waals surface area contributed by atoms with Crippen molar-refractivity contribution >= 4 is 5.97 Å². The Kier molecular flexibility index (Phi) is 4.32. The average Bonchev–Trinajstić information content (AvgIpc) is 1.82. The molecule has 0 unspecified atom stereocenters. The Bertz CT molecular complexity index is 188. The largest absolute Gasteiger partial charge is 0.450 e. The second-order valence-corrected chi connectivity index (χ2v) is 2.33. The van der Waals surface area contributed by atoms with Crippen molar-refractivity contribution in [1.29, 1.82) is 0 Å². The molecule has 0 bridgehead atoms. The van der Waals surface area contributed by atoms with Crippen molar-refractivity contribution in [2.45, 2.75) is 32.9 Å². The lowest BCUT2D eigenvalue weighted by atomic mass is 10.3. The van der Waals surface area contributed by atoms with Crippen LogP contribution in [0.2, 0.25) is 0 Å². The predicted molar refractivity (Wildman–Crippen MR) is 42.7 cm³/mol. The first kappa shape index (κ1) is 9.99. The lowest BCUT2D eigenvalue weighted by molar-refractivity contribution is -0.143. The van der Waals surface area contributed by atoms with Crippen LogP contribution in [-0.2, 0) is 9.53 Å². The lowest BCUT2D eigenvalue weighted by Gasteiger charge is -2.02. The molecule has 3 heteroatoms. The summed E-state index contributed by atoms with van der Waals surface area (Å²) in [5, 5.41) is 0. The highest BCUT2D eigenvalue weighted by Crippen LogP contribution is 1.88. The Balaban J connectivity index is 3.79. The van der Waals surface area contributed by atoms with Crippen LogP contribution < -0.4 is 5.73 Å². The highest BCUT2D eigenvalue weighted by molar-refractivity contribution is 5.66. The number of rotatable bonds is 1. The topological polar surface area (TPSA) is 52.3 Å². The van der Waals surface area contributed by atoms with E-state index in [2.05, 4.69) is 11.8 Å². The van der Waals surface area contributed by atoms with E-state index < -0.39 is 0 Å². The fourth-order valence-electron chi connectivity index (χ4n) is 0.527. The molecule has 0 spiro atoms. The van der Waals surface area contributed by atoms with Crippen LogP contribution in [0.15, 0.2) is 0 Å². The van der Waals surface area contributed by atoms with E-state index in [0.29, 0.717) is 0 Å². The quantitative estimate of drug-likeness (QED) is 0.437. The van der Waals surface area contributed by atoms with Crippen molar-refractivity contribution < 1.29 is 9.53 Å². The molecule has 0 heterocycles. The first-order valence-electron chi connectivity index (χ1n) is 3.46. The van der Waals surface area contributed by atoms with Crippen LogP contribution in [0.25, 0.3) is 0 Å². The summed E-state index contributed by atoms with van der Waals surface area (Å²) in [5.74, 6) is 5.07. The molecule has 62 valence electrons. The summed E-state index contributed by atoms with van der Waals surface area (Å²) < 4.78 is 4.73. The Hall–Kier alpha value is -1.01. The van der Waals surface area contributed by atoms with Crippen molar-refractivity contribution in [3.63, 3.8) is 0 Å². The van der Waals surface area contributed by atoms with E-state index in [1.807, 2.05) is 0 Å². The Labute approximate surface area is 66.9 Å². The van der Waals surface area contributed by atoms with E-state index >= 15 is 0 Å². The van der Waals surface area contributed by atoms with Gasteiger partial charge in [0, 0.05) is 6.92 Å². The summed E-state index contributed by atoms with van der Waals surface area (Å²) in [7, 11) is 0. The number of hydrogen-bond donors (Lipinski definition) is 1. The Morgan fingerprint density at radius 2 is 2.00 bits per heavy atom. The molecule has 2 atom stereocenters. The summed E-state index contributed by atoms with van der Waals surface area (Å²) in [6.45, 7) is 4.83. The average molecular weight is 155 g/mol. The molecule has 0 fully saturated rings.